The van der Waals surface area contributed by atoms with Gasteiger partial charge >= 0.3 is 29.2 Å². The molecule has 0 saturated carbocycles. The molecule has 0 spiro atoms. The number of nitrogens with zero attached hydrogens (tertiary/aromatic N) is 3. The van der Waals surface area contributed by atoms with Gasteiger partial charge in [0.2, 0.25) is 0 Å². The second-order valence-electron chi connectivity index (χ2n) is 7.81. The standard InChI is InChI=1S/C17H22N7O15P3/c18-14-10(2-1-5-20-15(26)9-3-4-12(23-19)21-7-9)8-24(17(27)22-14)16-11(25)6-13(35-16)36-37-41(31,32)39-42(33,34)38-40(28,29)30/h3-4,7-8,11,13,16,25H,5-6,19H2,(H,20,26)(H,21,23)(H,31,32)(H,33,34)(H2,18,22,27)(H2,28,29,30). The van der Waals surface area contributed by atoms with Crippen molar-refractivity contribution in [2.75, 3.05) is 17.7 Å². The lowest BCUT2D eigenvalue weighted by Gasteiger charge is -2.18. The number of hydrogen-bond donors (Lipinski definition) is 9. The minimum atomic E-state index is -5.80. The van der Waals surface area contributed by atoms with Crippen molar-refractivity contribution in [2.24, 2.45) is 5.84 Å². The van der Waals surface area contributed by atoms with Crippen LogP contribution in [0.25, 0.3) is 0 Å². The molecule has 2 aromatic rings. The highest BCUT2D eigenvalue weighted by molar-refractivity contribution is 7.66. The Morgan fingerprint density at radius 3 is 2.52 bits per heavy atom. The third-order valence-corrected chi connectivity index (χ3v) is 8.31. The summed E-state index contributed by atoms with van der Waals surface area (Å²) in [5.41, 5.74) is 7.25. The molecule has 0 aromatic carbocycles. The number of hydrazine groups is 1. The van der Waals surface area contributed by atoms with Crippen LogP contribution in [-0.4, -0.2) is 64.1 Å². The number of amides is 1. The molecule has 0 radical (unpaired) electrons. The number of nitrogens with one attached hydrogen (secondary N) is 2. The van der Waals surface area contributed by atoms with E-state index in [4.69, 9.17) is 31.0 Å². The Hall–Kier alpha value is -3.09. The number of nitrogen functional groups attached to an aromatic ring is 2. The van der Waals surface area contributed by atoms with E-state index in [0.29, 0.717) is 5.82 Å². The van der Waals surface area contributed by atoms with Crippen molar-refractivity contribution in [2.45, 2.75) is 25.0 Å². The van der Waals surface area contributed by atoms with Gasteiger partial charge in [0.05, 0.1) is 17.7 Å². The first-order chi connectivity index (χ1) is 19.5. The lowest BCUT2D eigenvalue weighted by Crippen LogP contribution is -2.32. The maximum absolute atomic E-state index is 12.4. The van der Waals surface area contributed by atoms with Gasteiger partial charge in [-0.2, -0.15) is 18.5 Å². The van der Waals surface area contributed by atoms with Crippen molar-refractivity contribution in [3.63, 3.8) is 0 Å². The van der Waals surface area contributed by atoms with Gasteiger partial charge in [0.1, 0.15) is 17.7 Å². The Bertz CT molecular complexity index is 1570. The van der Waals surface area contributed by atoms with E-state index in [1.54, 1.807) is 0 Å². The van der Waals surface area contributed by atoms with Crippen molar-refractivity contribution >= 4 is 41.0 Å². The van der Waals surface area contributed by atoms with E-state index in [0.717, 1.165) is 10.8 Å². The van der Waals surface area contributed by atoms with Gasteiger partial charge in [0.15, 0.2) is 12.5 Å². The topological polar surface area (TPSA) is 339 Å². The van der Waals surface area contributed by atoms with Gasteiger partial charge < -0.3 is 45.9 Å². The highest BCUT2D eigenvalue weighted by Crippen LogP contribution is 2.66. The summed E-state index contributed by atoms with van der Waals surface area (Å²) < 4.78 is 50.9. The Labute approximate surface area is 233 Å². The molecule has 1 aliphatic rings. The first-order valence-electron chi connectivity index (χ1n) is 10.9. The summed E-state index contributed by atoms with van der Waals surface area (Å²) in [7, 11) is -17.1. The second-order valence-corrected chi connectivity index (χ2v) is 12.1. The molecule has 1 saturated heterocycles. The average Bonchev–Trinajstić information content (AvgIpc) is 3.24. The van der Waals surface area contributed by atoms with Crippen molar-refractivity contribution in [1.82, 2.24) is 19.9 Å². The molecule has 1 fully saturated rings. The van der Waals surface area contributed by atoms with Gasteiger partial charge in [0, 0.05) is 18.8 Å². The zero-order valence-electron chi connectivity index (χ0n) is 20.6. The van der Waals surface area contributed by atoms with E-state index in [1.165, 1.54) is 18.3 Å². The number of aromatic nitrogens is 3. The first kappa shape index (κ1) is 33.4. The lowest BCUT2D eigenvalue weighted by molar-refractivity contribution is -0.326. The van der Waals surface area contributed by atoms with Crippen LogP contribution in [0, 0.1) is 11.8 Å². The molecule has 1 aliphatic heterocycles. The van der Waals surface area contributed by atoms with Gasteiger partial charge in [0.25, 0.3) is 5.91 Å². The second kappa shape index (κ2) is 13.5. The van der Waals surface area contributed by atoms with Crippen LogP contribution in [0.2, 0.25) is 0 Å². The summed E-state index contributed by atoms with van der Waals surface area (Å²) in [5.74, 6) is 9.95. The first-order valence-corrected chi connectivity index (χ1v) is 15.4. The zero-order valence-corrected chi connectivity index (χ0v) is 23.3. The molecule has 0 aliphatic carbocycles. The van der Waals surface area contributed by atoms with Crippen LogP contribution in [0.4, 0.5) is 11.6 Å². The number of ether oxygens (including phenoxy) is 1. The van der Waals surface area contributed by atoms with Crippen molar-refractivity contribution in [3.8, 4) is 11.8 Å². The quantitative estimate of drug-likeness (QED) is 0.0421. The predicted octanol–water partition coefficient (Wildman–Crippen LogP) is -1.83. The monoisotopic (exact) mass is 657 g/mol. The number of aliphatic hydroxyl groups is 1. The van der Waals surface area contributed by atoms with Crippen LogP contribution in [-0.2, 0) is 36.6 Å². The van der Waals surface area contributed by atoms with E-state index in [1.807, 2.05) is 0 Å². The number of phosphoric acid groups is 3. The average molecular weight is 657 g/mol. The van der Waals surface area contributed by atoms with E-state index >= 15 is 0 Å². The maximum Gasteiger partial charge on any atom is 0.508 e. The number of rotatable bonds is 11. The van der Waals surface area contributed by atoms with Gasteiger partial charge in [-0.15, -0.1) is 4.67 Å². The molecule has 42 heavy (non-hydrogen) atoms. The molecule has 230 valence electrons. The Morgan fingerprint density at radius 2 is 1.90 bits per heavy atom. The maximum atomic E-state index is 12.4. The minimum absolute atomic E-state index is 0.0164. The normalized spacial score (nSPS) is 21.4. The Balaban J connectivity index is 1.63. The SMILES string of the molecule is NNc1ccc(C(=O)NCC#Cc2cn(C3OC(OOP(=O)(O)OP(=O)(O)OP(=O)(O)O)CC3O)c(=O)nc2N)cn1. The van der Waals surface area contributed by atoms with Crippen molar-refractivity contribution < 1.29 is 66.1 Å². The van der Waals surface area contributed by atoms with Crippen LogP contribution < -0.4 is 28.0 Å². The Kier molecular flexibility index (Phi) is 10.7. The molecule has 3 heterocycles. The van der Waals surface area contributed by atoms with Crippen LogP contribution in [0.5, 0.6) is 0 Å². The van der Waals surface area contributed by atoms with Crippen molar-refractivity contribution in [3.05, 3.63) is 46.1 Å². The fourth-order valence-electron chi connectivity index (χ4n) is 3.06. The Morgan fingerprint density at radius 1 is 1.19 bits per heavy atom. The summed E-state index contributed by atoms with van der Waals surface area (Å²) in [4.78, 5) is 72.2. The third kappa shape index (κ3) is 9.74. The zero-order chi connectivity index (χ0) is 31.3. The largest absolute Gasteiger partial charge is 0.508 e. The smallest absolute Gasteiger partial charge is 0.388 e. The summed E-state index contributed by atoms with van der Waals surface area (Å²) in [6.45, 7) is -0.159. The van der Waals surface area contributed by atoms with Gasteiger partial charge in [-0.1, -0.05) is 11.8 Å². The molecule has 11 N–H and O–H groups in total. The number of nitrogens with two attached hydrogens (primary N) is 2. The minimum Gasteiger partial charge on any atom is -0.388 e. The summed E-state index contributed by atoms with van der Waals surface area (Å²) in [6, 6.07) is 2.95. The van der Waals surface area contributed by atoms with Crippen LogP contribution in [0.1, 0.15) is 28.6 Å². The molecule has 0 bridgehead atoms. The summed E-state index contributed by atoms with van der Waals surface area (Å²) in [6.07, 6.45) is -2.88. The lowest BCUT2D eigenvalue weighted by atomic mass is 10.2. The predicted molar refractivity (Wildman–Crippen MR) is 135 cm³/mol. The fourth-order valence-corrected chi connectivity index (χ4v) is 5.88. The summed E-state index contributed by atoms with van der Waals surface area (Å²) >= 11 is 0. The van der Waals surface area contributed by atoms with Gasteiger partial charge in [-0.25, -0.2) is 29.3 Å². The molecule has 5 atom stereocenters. The van der Waals surface area contributed by atoms with E-state index in [2.05, 4.69) is 50.7 Å². The number of carbonyl (C=O) groups excluding carboxylic acids is 1. The van der Waals surface area contributed by atoms with E-state index < -0.39 is 60.1 Å². The highest BCUT2D eigenvalue weighted by atomic mass is 31.3. The third-order valence-electron chi connectivity index (χ3n) is 4.70. The molecule has 25 heteroatoms. The van der Waals surface area contributed by atoms with Crippen LogP contribution in [0.15, 0.2) is 29.3 Å². The highest BCUT2D eigenvalue weighted by Gasteiger charge is 2.43. The molecule has 1 amide bonds. The molecule has 3 rings (SSSR count). The number of anilines is 2. The fraction of sp³-hybridized carbons (Fsp3) is 0.294. The molecule has 5 unspecified atom stereocenters. The van der Waals surface area contributed by atoms with Crippen molar-refractivity contribution in [1.29, 1.82) is 0 Å². The number of carbonyl (C=O) groups is 1. The van der Waals surface area contributed by atoms with Crippen LogP contribution in [0.3, 0.4) is 0 Å². The molecule has 22 nitrogen and oxygen atoms in total. The molecular formula is C17H22N7O15P3. The van der Waals surface area contributed by atoms with E-state index in [9.17, 15) is 33.3 Å². The number of hydrogen-bond acceptors (Lipinski definition) is 16. The van der Waals surface area contributed by atoms with Gasteiger partial charge in [-0.05, 0) is 12.1 Å². The number of aliphatic hydroxyl groups excluding tert-OH is 1. The summed E-state index contributed by atoms with van der Waals surface area (Å²) in [5, 5.41) is 12.8. The van der Waals surface area contributed by atoms with E-state index in [-0.39, 0.29) is 23.5 Å². The van der Waals surface area contributed by atoms with Gasteiger partial charge in [-0.3, -0.25) is 9.36 Å². The van der Waals surface area contributed by atoms with Crippen LogP contribution >= 0.6 is 23.5 Å². The molecule has 2 aromatic heterocycles. The number of pyridine rings is 1. The molecular weight excluding hydrogens is 635 g/mol.